The Kier molecular flexibility index (Phi) is 2.55. The summed E-state index contributed by atoms with van der Waals surface area (Å²) in [5, 5.41) is 7.77. The Balaban J connectivity index is 2.37. The van der Waals surface area contributed by atoms with Gasteiger partial charge in [0.25, 0.3) is 0 Å². The van der Waals surface area contributed by atoms with Gasteiger partial charge in [0.1, 0.15) is 5.69 Å². The molecule has 16 heavy (non-hydrogen) atoms. The van der Waals surface area contributed by atoms with Crippen molar-refractivity contribution in [3.05, 3.63) is 36.0 Å². The first-order valence-electron chi connectivity index (χ1n) is 4.72. The van der Waals surface area contributed by atoms with E-state index in [0.29, 0.717) is 5.69 Å². The fourth-order valence-corrected chi connectivity index (χ4v) is 1.40. The molecule has 2 rings (SSSR count). The molecule has 6 nitrogen and oxygen atoms in total. The normalized spacial score (nSPS) is 10.1. The Morgan fingerprint density at radius 2 is 2.06 bits per heavy atom. The van der Waals surface area contributed by atoms with Crippen LogP contribution in [0, 0.1) is 6.92 Å². The van der Waals surface area contributed by atoms with Gasteiger partial charge < -0.3 is 5.73 Å². The Hall–Kier alpha value is -2.37. The predicted octanol–water partition coefficient (Wildman–Crippen LogP) is 0.876. The third-order valence-electron chi connectivity index (χ3n) is 2.16. The zero-order valence-corrected chi connectivity index (χ0v) is 8.71. The van der Waals surface area contributed by atoms with Gasteiger partial charge in [-0.15, -0.1) is 5.10 Å². The lowest BCUT2D eigenvalue weighted by molar-refractivity contribution is 0.256. The summed E-state index contributed by atoms with van der Waals surface area (Å²) in [6, 6.07) is 8.92. The highest BCUT2D eigenvalue weighted by atomic mass is 16.2. The number of nitrogens with two attached hydrogens (primary N) is 1. The van der Waals surface area contributed by atoms with Crippen LogP contribution >= 0.6 is 0 Å². The van der Waals surface area contributed by atoms with Crippen molar-refractivity contribution in [1.82, 2.24) is 15.1 Å². The fraction of sp³-hybridized carbons (Fsp3) is 0.100. The van der Waals surface area contributed by atoms with Crippen LogP contribution in [0.5, 0.6) is 0 Å². The summed E-state index contributed by atoms with van der Waals surface area (Å²) in [6.45, 7) is 1.80. The summed E-state index contributed by atoms with van der Waals surface area (Å²) in [6.07, 6.45) is 0. The predicted molar refractivity (Wildman–Crippen MR) is 59.1 cm³/mol. The minimum Gasteiger partial charge on any atom is -0.350 e. The maximum atomic E-state index is 10.7. The highest BCUT2D eigenvalue weighted by Gasteiger charge is 2.10. The molecule has 1 aromatic carbocycles. The summed E-state index contributed by atoms with van der Waals surface area (Å²) in [7, 11) is 0. The van der Waals surface area contributed by atoms with Crippen molar-refractivity contribution < 1.29 is 4.79 Å². The van der Waals surface area contributed by atoms with Crippen LogP contribution in [0.25, 0.3) is 11.3 Å². The average Bonchev–Trinajstić information content (AvgIpc) is 2.61. The first-order chi connectivity index (χ1) is 7.68. The molecule has 0 unspecified atom stereocenters. The Morgan fingerprint density at radius 1 is 1.38 bits per heavy atom. The molecule has 0 aliphatic carbocycles. The van der Waals surface area contributed by atoms with Gasteiger partial charge in [-0.1, -0.05) is 30.3 Å². The second-order valence-electron chi connectivity index (χ2n) is 3.28. The maximum Gasteiger partial charge on any atom is 0.332 e. The number of nitrogens with one attached hydrogen (secondary N) is 1. The lowest BCUT2D eigenvalue weighted by atomic mass is 10.1. The maximum absolute atomic E-state index is 10.7. The molecule has 0 saturated carbocycles. The van der Waals surface area contributed by atoms with Gasteiger partial charge in [-0.3, -0.25) is 0 Å². The van der Waals surface area contributed by atoms with E-state index >= 15 is 0 Å². The number of aromatic nitrogens is 3. The third kappa shape index (κ3) is 1.85. The fourth-order valence-electron chi connectivity index (χ4n) is 1.40. The topological polar surface area (TPSA) is 85.8 Å². The lowest BCUT2D eigenvalue weighted by Crippen LogP contribution is -2.29. The molecular formula is C10H11N5O. The summed E-state index contributed by atoms with van der Waals surface area (Å²) in [5.41, 5.74) is 9.73. The van der Waals surface area contributed by atoms with Crippen LogP contribution in [0.3, 0.4) is 0 Å². The zero-order valence-electron chi connectivity index (χ0n) is 8.71. The number of primary amides is 1. The Labute approximate surface area is 92.0 Å². The van der Waals surface area contributed by atoms with E-state index in [9.17, 15) is 4.79 Å². The smallest absolute Gasteiger partial charge is 0.332 e. The average molecular weight is 217 g/mol. The highest BCUT2D eigenvalue weighted by Crippen LogP contribution is 2.18. The van der Waals surface area contributed by atoms with Gasteiger partial charge in [-0.2, -0.15) is 4.79 Å². The number of carbonyl (C=O) groups excluding carboxylic acids is 1. The van der Waals surface area contributed by atoms with Crippen molar-refractivity contribution in [2.24, 2.45) is 5.73 Å². The van der Waals surface area contributed by atoms with Crippen molar-refractivity contribution >= 4 is 6.03 Å². The van der Waals surface area contributed by atoms with Crippen molar-refractivity contribution in [3.8, 4) is 11.3 Å². The second-order valence-corrected chi connectivity index (χ2v) is 3.28. The van der Waals surface area contributed by atoms with Crippen LogP contribution in [-0.2, 0) is 0 Å². The minimum atomic E-state index is -0.674. The zero-order chi connectivity index (χ0) is 11.5. The first-order valence-corrected chi connectivity index (χ1v) is 4.72. The molecular weight excluding hydrogens is 206 g/mol. The molecule has 2 amide bonds. The summed E-state index contributed by atoms with van der Waals surface area (Å²) in [5.74, 6) is 0. The Bertz CT molecular complexity index is 505. The molecule has 0 aliphatic heterocycles. The molecule has 0 spiro atoms. The van der Waals surface area contributed by atoms with Gasteiger partial charge in [0, 0.05) is 5.56 Å². The molecule has 0 saturated heterocycles. The molecule has 82 valence electrons. The summed E-state index contributed by atoms with van der Waals surface area (Å²) in [4.78, 5) is 11.9. The molecule has 0 radical (unpaired) electrons. The van der Waals surface area contributed by atoms with E-state index in [2.05, 4.69) is 15.7 Å². The molecule has 0 atom stereocenters. The van der Waals surface area contributed by atoms with Gasteiger partial charge in [-0.05, 0) is 12.1 Å². The van der Waals surface area contributed by atoms with Gasteiger partial charge in [0.15, 0.2) is 0 Å². The quantitative estimate of drug-likeness (QED) is 0.782. The number of carbonyl (C=O) groups is 1. The van der Waals surface area contributed by atoms with E-state index in [-0.39, 0.29) is 0 Å². The number of nitrogens with zero attached hydrogens (tertiary/aromatic N) is 3. The number of hydrogen-bond acceptors (Lipinski definition) is 3. The molecule has 6 heteroatoms. The number of benzene rings is 1. The van der Waals surface area contributed by atoms with Gasteiger partial charge in [0.2, 0.25) is 0 Å². The molecule has 0 fully saturated rings. The molecule has 0 aliphatic rings. The van der Waals surface area contributed by atoms with E-state index < -0.39 is 6.03 Å². The van der Waals surface area contributed by atoms with E-state index in [1.165, 1.54) is 4.79 Å². The van der Waals surface area contributed by atoms with Crippen LogP contribution in [-0.4, -0.2) is 21.1 Å². The molecule has 0 bridgehead atoms. The lowest BCUT2D eigenvalue weighted by Gasteiger charge is -2.02. The van der Waals surface area contributed by atoms with Gasteiger partial charge in [-0.25, -0.2) is 10.2 Å². The van der Waals surface area contributed by atoms with Crippen LogP contribution < -0.4 is 11.2 Å². The highest BCUT2D eigenvalue weighted by molar-refractivity contribution is 5.80. The number of hydrogen-bond donors (Lipinski definition) is 2. The van der Waals surface area contributed by atoms with Crippen molar-refractivity contribution in [2.75, 3.05) is 5.43 Å². The van der Waals surface area contributed by atoms with E-state index in [1.54, 1.807) is 6.92 Å². The third-order valence-corrected chi connectivity index (χ3v) is 2.16. The number of urea groups is 1. The summed E-state index contributed by atoms with van der Waals surface area (Å²) >= 11 is 0. The van der Waals surface area contributed by atoms with Crippen LogP contribution in [0.2, 0.25) is 0 Å². The SMILES string of the molecule is Cc1c(-c2ccccc2)nnn1NC(N)=O. The monoisotopic (exact) mass is 217 g/mol. The van der Waals surface area contributed by atoms with Gasteiger partial charge >= 0.3 is 6.03 Å². The number of amides is 2. The molecule has 3 N–H and O–H groups in total. The Morgan fingerprint density at radius 3 is 2.69 bits per heavy atom. The van der Waals surface area contributed by atoms with E-state index in [1.807, 2.05) is 30.3 Å². The van der Waals surface area contributed by atoms with Crippen LogP contribution in [0.1, 0.15) is 5.69 Å². The van der Waals surface area contributed by atoms with Crippen LogP contribution in [0.15, 0.2) is 30.3 Å². The molecule has 1 aromatic heterocycles. The molecule has 2 aromatic rings. The molecule has 1 heterocycles. The van der Waals surface area contributed by atoms with E-state index in [0.717, 1.165) is 11.3 Å². The largest absolute Gasteiger partial charge is 0.350 e. The summed E-state index contributed by atoms with van der Waals surface area (Å²) < 4.78 is 0. The van der Waals surface area contributed by atoms with Crippen LogP contribution in [0.4, 0.5) is 4.79 Å². The second kappa shape index (κ2) is 4.01. The van der Waals surface area contributed by atoms with Crippen molar-refractivity contribution in [1.29, 1.82) is 0 Å². The standard InChI is InChI=1S/C10H11N5O/c1-7-9(8-5-3-2-4-6-8)12-14-15(7)13-10(11)16/h2-6H,1H3,(H3,11,13,16). The number of rotatable bonds is 2. The van der Waals surface area contributed by atoms with E-state index in [4.69, 9.17) is 5.73 Å². The van der Waals surface area contributed by atoms with Crippen molar-refractivity contribution in [2.45, 2.75) is 6.92 Å². The van der Waals surface area contributed by atoms with Crippen molar-refractivity contribution in [3.63, 3.8) is 0 Å². The first kappa shape index (κ1) is 10.2. The van der Waals surface area contributed by atoms with Gasteiger partial charge in [0.05, 0.1) is 5.69 Å². The minimum absolute atomic E-state index is 0.674.